The number of nitrogens with two attached hydrogens (primary N) is 1. The van der Waals surface area contributed by atoms with Crippen molar-refractivity contribution < 1.29 is 23.8 Å². The van der Waals surface area contributed by atoms with E-state index in [9.17, 15) is 14.0 Å². The maximum Gasteiger partial charge on any atom is 0.319 e. The molecule has 1 aliphatic rings. The van der Waals surface area contributed by atoms with Crippen molar-refractivity contribution in [2.75, 3.05) is 6.54 Å². The van der Waals surface area contributed by atoms with Gasteiger partial charge >= 0.3 is 6.03 Å². The molecule has 0 saturated heterocycles. The molecule has 26 heavy (non-hydrogen) atoms. The van der Waals surface area contributed by atoms with Gasteiger partial charge in [0.1, 0.15) is 5.82 Å². The van der Waals surface area contributed by atoms with Gasteiger partial charge in [0, 0.05) is 18.2 Å². The van der Waals surface area contributed by atoms with E-state index < -0.39 is 29.6 Å². The van der Waals surface area contributed by atoms with Crippen LogP contribution in [0.15, 0.2) is 29.3 Å². The Balaban J connectivity index is 2.04. The Hall–Kier alpha value is -2.14. The minimum Gasteiger partial charge on any atom is -0.392 e. The molecule has 8 nitrogen and oxygen atoms in total. The summed E-state index contributed by atoms with van der Waals surface area (Å²) in [4.78, 5) is 23.6. The Labute approximate surface area is 154 Å². The summed E-state index contributed by atoms with van der Waals surface area (Å²) in [6.07, 6.45) is 0.621. The topological polar surface area (TPSA) is 126 Å². The van der Waals surface area contributed by atoms with Crippen molar-refractivity contribution in [2.45, 2.75) is 32.3 Å². The van der Waals surface area contributed by atoms with Crippen LogP contribution in [0.4, 0.5) is 9.18 Å². The first kappa shape index (κ1) is 20.2. The van der Waals surface area contributed by atoms with Gasteiger partial charge in [-0.15, -0.1) is 0 Å². The molecule has 3 amide bonds. The van der Waals surface area contributed by atoms with E-state index in [-0.39, 0.29) is 23.7 Å². The number of hydrogen-bond donors (Lipinski definition) is 5. The molecule has 2 atom stereocenters. The maximum atomic E-state index is 13.9. The smallest absolute Gasteiger partial charge is 0.319 e. The van der Waals surface area contributed by atoms with Crippen LogP contribution in [0.25, 0.3) is 0 Å². The van der Waals surface area contributed by atoms with Crippen LogP contribution in [0.3, 0.4) is 0 Å². The third-order valence-corrected chi connectivity index (χ3v) is 4.32. The normalized spacial score (nSPS) is 20.4. The highest BCUT2D eigenvalue weighted by molar-refractivity contribution is 8.01. The van der Waals surface area contributed by atoms with E-state index in [1.807, 2.05) is 0 Å². The lowest BCUT2D eigenvalue weighted by Crippen LogP contribution is -2.51. The van der Waals surface area contributed by atoms with Crippen LogP contribution in [0.2, 0.25) is 0 Å². The predicted molar refractivity (Wildman–Crippen MR) is 94.9 cm³/mol. The third kappa shape index (κ3) is 5.18. The van der Waals surface area contributed by atoms with E-state index >= 15 is 0 Å². The van der Waals surface area contributed by atoms with E-state index in [2.05, 4.69) is 15.4 Å². The van der Waals surface area contributed by atoms with Crippen LogP contribution in [-0.4, -0.2) is 35.4 Å². The Kier molecular flexibility index (Phi) is 6.59. The van der Waals surface area contributed by atoms with Crippen LogP contribution in [0, 0.1) is 12.7 Å². The Morgan fingerprint density at radius 1 is 1.50 bits per heavy atom. The fraction of sp³-hybridized carbons (Fsp3) is 0.375. The summed E-state index contributed by atoms with van der Waals surface area (Å²) in [6.45, 7) is 3.17. The molecule has 0 bridgehead atoms. The number of urea groups is 1. The van der Waals surface area contributed by atoms with Gasteiger partial charge in [0.2, 0.25) is 5.72 Å². The summed E-state index contributed by atoms with van der Waals surface area (Å²) in [7, 11) is 0. The molecule has 2 rings (SSSR count). The highest BCUT2D eigenvalue weighted by Crippen LogP contribution is 2.29. The number of halogens is 1. The molecule has 0 aliphatic carbocycles. The molecule has 6 N–H and O–H groups in total. The van der Waals surface area contributed by atoms with E-state index in [0.717, 1.165) is 17.5 Å². The number of ether oxygens (including phenoxy) is 1. The first-order chi connectivity index (χ1) is 12.2. The number of amides is 3. The molecule has 1 heterocycles. The molecular formula is C16H21FN4O4S. The fourth-order valence-electron chi connectivity index (χ4n) is 2.06. The zero-order valence-corrected chi connectivity index (χ0v) is 15.2. The minimum absolute atomic E-state index is 0.0708. The number of carbonyl (C=O) groups excluding carboxylic acids is 2. The molecule has 0 saturated carbocycles. The van der Waals surface area contributed by atoms with Gasteiger partial charge in [0.25, 0.3) is 5.91 Å². The lowest BCUT2D eigenvalue weighted by Gasteiger charge is -2.23. The van der Waals surface area contributed by atoms with Crippen LogP contribution in [-0.2, 0) is 16.1 Å². The highest BCUT2D eigenvalue weighted by atomic mass is 32.2. The molecule has 1 aliphatic heterocycles. The molecule has 142 valence electrons. The van der Waals surface area contributed by atoms with Gasteiger partial charge in [-0.1, -0.05) is 12.1 Å². The van der Waals surface area contributed by atoms with Gasteiger partial charge in [-0.25, -0.2) is 13.9 Å². The van der Waals surface area contributed by atoms with Crippen molar-refractivity contribution in [3.8, 4) is 0 Å². The van der Waals surface area contributed by atoms with Crippen LogP contribution in [0.5, 0.6) is 0 Å². The standard InChI is InChI=1S/C16H21FN4O4S/c1-9-3-4-11(12(17)5-9)8-25-16(14(18)23)6-13(26-21-16)20-15(24)19-7-10(2)22/h3-6,10,21-22H,7-8H2,1-2H3,(H2,18,23)(H2,19,20,24). The van der Waals surface area contributed by atoms with Crippen molar-refractivity contribution >= 4 is 23.9 Å². The van der Waals surface area contributed by atoms with E-state index in [0.29, 0.717) is 0 Å². The first-order valence-electron chi connectivity index (χ1n) is 7.80. The zero-order chi connectivity index (χ0) is 19.3. The Morgan fingerprint density at radius 2 is 2.23 bits per heavy atom. The number of benzene rings is 1. The second kappa shape index (κ2) is 8.49. The molecule has 0 radical (unpaired) electrons. The monoisotopic (exact) mass is 384 g/mol. The Morgan fingerprint density at radius 3 is 2.85 bits per heavy atom. The molecule has 1 aromatic carbocycles. The molecule has 1 aromatic rings. The van der Waals surface area contributed by atoms with Gasteiger partial charge < -0.3 is 26.2 Å². The highest BCUT2D eigenvalue weighted by Gasteiger charge is 2.41. The van der Waals surface area contributed by atoms with Crippen molar-refractivity contribution in [3.63, 3.8) is 0 Å². The van der Waals surface area contributed by atoms with E-state index in [1.54, 1.807) is 19.1 Å². The lowest BCUT2D eigenvalue weighted by molar-refractivity contribution is -0.139. The van der Waals surface area contributed by atoms with Gasteiger partial charge in [0.05, 0.1) is 17.7 Å². The molecular weight excluding hydrogens is 363 g/mol. The summed E-state index contributed by atoms with van der Waals surface area (Å²) in [5.41, 5.74) is 4.76. The van der Waals surface area contributed by atoms with Crippen LogP contribution < -0.4 is 21.1 Å². The Bertz CT molecular complexity index is 728. The largest absolute Gasteiger partial charge is 0.392 e. The SMILES string of the molecule is Cc1ccc(COC2(C(N)=O)C=C(NC(=O)NCC(C)O)SN2)c(F)c1. The summed E-state index contributed by atoms with van der Waals surface area (Å²) < 4.78 is 22.2. The number of hydrogen-bond acceptors (Lipinski definition) is 6. The summed E-state index contributed by atoms with van der Waals surface area (Å²) in [6, 6.07) is 4.09. The summed E-state index contributed by atoms with van der Waals surface area (Å²) in [5.74, 6) is -1.28. The molecule has 0 fully saturated rings. The molecule has 10 heteroatoms. The average Bonchev–Trinajstić information content (AvgIpc) is 2.96. The van der Waals surface area contributed by atoms with Gasteiger partial charge in [-0.2, -0.15) is 0 Å². The number of aliphatic hydroxyl groups excluding tert-OH is 1. The third-order valence-electron chi connectivity index (χ3n) is 3.47. The van der Waals surface area contributed by atoms with Crippen LogP contribution >= 0.6 is 11.9 Å². The van der Waals surface area contributed by atoms with Gasteiger partial charge in [0.15, 0.2) is 0 Å². The van der Waals surface area contributed by atoms with Crippen LogP contribution in [0.1, 0.15) is 18.1 Å². The van der Waals surface area contributed by atoms with Gasteiger partial charge in [-0.05, 0) is 37.4 Å². The zero-order valence-electron chi connectivity index (χ0n) is 14.3. The first-order valence-corrected chi connectivity index (χ1v) is 8.62. The summed E-state index contributed by atoms with van der Waals surface area (Å²) in [5, 5.41) is 14.4. The maximum absolute atomic E-state index is 13.9. The molecule has 0 spiro atoms. The second-order valence-corrected chi connectivity index (χ2v) is 6.73. The number of aliphatic hydroxyl groups is 1. The summed E-state index contributed by atoms with van der Waals surface area (Å²) >= 11 is 0.939. The number of primary amides is 1. The quantitative estimate of drug-likeness (QED) is 0.439. The number of rotatable bonds is 7. The lowest BCUT2D eigenvalue weighted by atomic mass is 10.1. The molecule has 2 unspecified atom stereocenters. The number of carbonyl (C=O) groups is 2. The average molecular weight is 384 g/mol. The molecule has 0 aromatic heterocycles. The van der Waals surface area contributed by atoms with Crippen molar-refractivity contribution in [3.05, 3.63) is 46.2 Å². The van der Waals surface area contributed by atoms with Crippen molar-refractivity contribution in [2.24, 2.45) is 5.73 Å². The number of nitrogens with one attached hydrogen (secondary N) is 3. The van der Waals surface area contributed by atoms with E-state index in [1.165, 1.54) is 19.1 Å². The second-order valence-electron chi connectivity index (χ2n) is 5.88. The van der Waals surface area contributed by atoms with Crippen molar-refractivity contribution in [1.29, 1.82) is 0 Å². The van der Waals surface area contributed by atoms with E-state index in [4.69, 9.17) is 15.6 Å². The minimum atomic E-state index is -1.69. The number of aryl methyl sites for hydroxylation is 1. The van der Waals surface area contributed by atoms with Gasteiger partial charge in [-0.3, -0.25) is 4.79 Å². The predicted octanol–water partition coefficient (Wildman–Crippen LogP) is 0.605. The van der Waals surface area contributed by atoms with Crippen molar-refractivity contribution in [1.82, 2.24) is 15.4 Å². The fourth-order valence-corrected chi connectivity index (χ4v) is 2.91.